The third-order valence-corrected chi connectivity index (χ3v) is 1.99. The van der Waals surface area contributed by atoms with Crippen LogP contribution in [0.2, 0.25) is 5.02 Å². The molecule has 0 aliphatic heterocycles. The number of nitro benzene ring substituents is 1. The molecule has 1 amide bonds. The molecule has 0 spiro atoms. The van der Waals surface area contributed by atoms with Gasteiger partial charge in [-0.3, -0.25) is 14.9 Å². The Bertz CT molecular complexity index is 479. The highest BCUT2D eigenvalue weighted by Gasteiger charge is 2.19. The molecule has 0 aliphatic rings. The zero-order valence-corrected chi connectivity index (χ0v) is 8.82. The number of hydrogen-bond acceptors (Lipinski definition) is 3. The molecule has 16 heavy (non-hydrogen) atoms. The first-order valence-electron chi connectivity index (χ1n) is 4.22. The Morgan fingerprint density at radius 2 is 2.31 bits per heavy atom. The van der Waals surface area contributed by atoms with Gasteiger partial charge in [0.15, 0.2) is 0 Å². The second-order valence-corrected chi connectivity index (χ2v) is 3.24. The summed E-state index contributed by atoms with van der Waals surface area (Å²) in [5.74, 6) is 1.58. The molecule has 1 rings (SSSR count). The Balaban J connectivity index is 3.10. The lowest BCUT2D eigenvalue weighted by Gasteiger charge is -2.03. The van der Waals surface area contributed by atoms with E-state index in [1.54, 1.807) is 0 Å². The van der Waals surface area contributed by atoms with E-state index in [9.17, 15) is 14.9 Å². The molecule has 1 aromatic carbocycles. The predicted octanol–water partition coefficient (Wildman–Crippen LogP) is 1.61. The number of benzene rings is 1. The summed E-state index contributed by atoms with van der Waals surface area (Å²) in [7, 11) is 0. The summed E-state index contributed by atoms with van der Waals surface area (Å²) in [6.45, 7) is 0.00248. The van der Waals surface area contributed by atoms with Crippen LogP contribution in [-0.2, 0) is 0 Å². The van der Waals surface area contributed by atoms with Crippen molar-refractivity contribution in [3.63, 3.8) is 0 Å². The van der Waals surface area contributed by atoms with Crippen molar-refractivity contribution in [3.8, 4) is 12.3 Å². The number of nitrogens with one attached hydrogen (secondary N) is 1. The maximum atomic E-state index is 11.5. The lowest BCUT2D eigenvalue weighted by molar-refractivity contribution is -0.385. The van der Waals surface area contributed by atoms with Crippen LogP contribution in [0.15, 0.2) is 18.2 Å². The third kappa shape index (κ3) is 2.72. The highest BCUT2D eigenvalue weighted by atomic mass is 35.5. The Kier molecular flexibility index (Phi) is 3.86. The summed E-state index contributed by atoms with van der Waals surface area (Å²) in [5, 5.41) is 13.2. The zero-order chi connectivity index (χ0) is 12.1. The first-order valence-corrected chi connectivity index (χ1v) is 4.59. The minimum atomic E-state index is -0.652. The van der Waals surface area contributed by atoms with Gasteiger partial charge in [0, 0.05) is 11.1 Å². The fourth-order valence-corrected chi connectivity index (χ4v) is 1.25. The van der Waals surface area contributed by atoms with Crippen molar-refractivity contribution in [2.45, 2.75) is 0 Å². The van der Waals surface area contributed by atoms with Crippen molar-refractivity contribution in [1.82, 2.24) is 5.32 Å². The summed E-state index contributed by atoms with van der Waals surface area (Å²) < 4.78 is 0. The molecule has 0 bridgehead atoms. The van der Waals surface area contributed by atoms with Gasteiger partial charge in [-0.1, -0.05) is 17.5 Å². The van der Waals surface area contributed by atoms with Gasteiger partial charge in [0.2, 0.25) is 0 Å². The minimum Gasteiger partial charge on any atom is -0.341 e. The number of rotatable bonds is 3. The van der Waals surface area contributed by atoms with E-state index in [4.69, 9.17) is 18.0 Å². The van der Waals surface area contributed by atoms with Crippen LogP contribution in [0.4, 0.5) is 5.69 Å². The number of terminal acetylenes is 1. The molecule has 0 fully saturated rings. The van der Waals surface area contributed by atoms with Gasteiger partial charge in [0.1, 0.15) is 5.56 Å². The SMILES string of the molecule is C#CCNC(=O)c1cc(Cl)ccc1[N+](=O)[O-]. The van der Waals surface area contributed by atoms with Gasteiger partial charge in [-0.05, 0) is 12.1 Å². The van der Waals surface area contributed by atoms with E-state index in [1.807, 2.05) is 0 Å². The normalized spacial score (nSPS) is 9.25. The number of nitrogens with zero attached hydrogens (tertiary/aromatic N) is 1. The molecule has 1 N–H and O–H groups in total. The van der Waals surface area contributed by atoms with Gasteiger partial charge < -0.3 is 5.32 Å². The van der Waals surface area contributed by atoms with Crippen molar-refractivity contribution < 1.29 is 9.72 Å². The predicted molar refractivity (Wildman–Crippen MR) is 59.3 cm³/mol. The molecule has 6 heteroatoms. The maximum absolute atomic E-state index is 11.5. The molecular formula is C10H7ClN2O3. The van der Waals surface area contributed by atoms with Crippen LogP contribution < -0.4 is 5.32 Å². The van der Waals surface area contributed by atoms with Gasteiger partial charge in [-0.15, -0.1) is 6.42 Å². The molecule has 0 radical (unpaired) electrons. The highest BCUT2D eigenvalue weighted by Crippen LogP contribution is 2.22. The van der Waals surface area contributed by atoms with Gasteiger partial charge in [-0.25, -0.2) is 0 Å². The van der Waals surface area contributed by atoms with Crippen molar-refractivity contribution >= 4 is 23.2 Å². The fraction of sp³-hybridized carbons (Fsp3) is 0.100. The van der Waals surface area contributed by atoms with Crippen LogP contribution in [0.3, 0.4) is 0 Å². The van der Waals surface area contributed by atoms with Crippen molar-refractivity contribution in [3.05, 3.63) is 38.9 Å². The summed E-state index contributed by atoms with van der Waals surface area (Å²) in [4.78, 5) is 21.5. The standard InChI is InChI=1S/C10H7ClN2O3/c1-2-5-12-10(14)8-6-7(11)3-4-9(8)13(15)16/h1,3-4,6H,5H2,(H,12,14). The van der Waals surface area contributed by atoms with E-state index >= 15 is 0 Å². The van der Waals surface area contributed by atoms with Crippen molar-refractivity contribution in [2.75, 3.05) is 6.54 Å². The summed E-state index contributed by atoms with van der Waals surface area (Å²) in [6.07, 6.45) is 4.96. The van der Waals surface area contributed by atoms with Gasteiger partial charge in [0.05, 0.1) is 11.5 Å². The molecule has 0 saturated carbocycles. The Morgan fingerprint density at radius 3 is 2.88 bits per heavy atom. The summed E-state index contributed by atoms with van der Waals surface area (Å²) >= 11 is 5.66. The monoisotopic (exact) mass is 238 g/mol. The van der Waals surface area contributed by atoms with Crippen molar-refractivity contribution in [1.29, 1.82) is 0 Å². The number of carbonyl (C=O) groups excluding carboxylic acids is 1. The fourth-order valence-electron chi connectivity index (χ4n) is 1.08. The molecule has 1 aromatic rings. The lowest BCUT2D eigenvalue weighted by Crippen LogP contribution is -2.24. The average Bonchev–Trinajstić information content (AvgIpc) is 2.25. The van der Waals surface area contributed by atoms with Gasteiger partial charge in [0.25, 0.3) is 11.6 Å². The summed E-state index contributed by atoms with van der Waals surface area (Å²) in [5.41, 5.74) is -0.410. The van der Waals surface area contributed by atoms with Crippen molar-refractivity contribution in [2.24, 2.45) is 0 Å². The van der Waals surface area contributed by atoms with E-state index in [0.29, 0.717) is 0 Å². The average molecular weight is 239 g/mol. The Hall–Kier alpha value is -2.06. The quantitative estimate of drug-likeness (QED) is 0.494. The maximum Gasteiger partial charge on any atom is 0.282 e. The van der Waals surface area contributed by atoms with E-state index < -0.39 is 10.8 Å². The number of nitro groups is 1. The van der Waals surface area contributed by atoms with Crippen LogP contribution in [0, 0.1) is 22.5 Å². The van der Waals surface area contributed by atoms with Crippen LogP contribution in [0.25, 0.3) is 0 Å². The first-order chi connectivity index (χ1) is 7.56. The van der Waals surface area contributed by atoms with E-state index in [0.717, 1.165) is 0 Å². The van der Waals surface area contributed by atoms with Crippen LogP contribution in [-0.4, -0.2) is 17.4 Å². The molecule has 0 heterocycles. The lowest BCUT2D eigenvalue weighted by atomic mass is 10.1. The summed E-state index contributed by atoms with van der Waals surface area (Å²) in [6, 6.07) is 3.75. The molecule has 0 aliphatic carbocycles. The zero-order valence-electron chi connectivity index (χ0n) is 8.07. The van der Waals surface area contributed by atoms with Crippen LogP contribution in [0.5, 0.6) is 0 Å². The second-order valence-electron chi connectivity index (χ2n) is 2.81. The molecule has 0 unspecified atom stereocenters. The van der Waals surface area contributed by atoms with Crippen LogP contribution in [0.1, 0.15) is 10.4 Å². The molecule has 5 nitrogen and oxygen atoms in total. The van der Waals surface area contributed by atoms with Gasteiger partial charge in [-0.2, -0.15) is 0 Å². The molecule has 0 aromatic heterocycles. The number of hydrogen-bond donors (Lipinski definition) is 1. The smallest absolute Gasteiger partial charge is 0.282 e. The second kappa shape index (κ2) is 5.14. The van der Waals surface area contributed by atoms with Gasteiger partial charge >= 0.3 is 0 Å². The number of halogens is 1. The number of amides is 1. The van der Waals surface area contributed by atoms with E-state index in [1.165, 1.54) is 18.2 Å². The van der Waals surface area contributed by atoms with Crippen LogP contribution >= 0.6 is 11.6 Å². The highest BCUT2D eigenvalue weighted by molar-refractivity contribution is 6.31. The third-order valence-electron chi connectivity index (χ3n) is 1.75. The Morgan fingerprint density at radius 1 is 1.62 bits per heavy atom. The topological polar surface area (TPSA) is 72.2 Å². The molecule has 0 atom stereocenters. The molecular weight excluding hydrogens is 232 g/mol. The molecule has 0 saturated heterocycles. The molecule has 82 valence electrons. The minimum absolute atomic E-state index is 0.00248. The van der Waals surface area contributed by atoms with E-state index in [2.05, 4.69) is 11.2 Å². The largest absolute Gasteiger partial charge is 0.341 e. The number of carbonyl (C=O) groups is 1. The Labute approximate surface area is 96.6 Å². The first kappa shape index (κ1) is 12.0. The van der Waals surface area contributed by atoms with E-state index in [-0.39, 0.29) is 22.8 Å².